The van der Waals surface area contributed by atoms with Crippen molar-refractivity contribution in [1.82, 2.24) is 19.4 Å². The average molecular weight is 362 g/mol. The Labute approximate surface area is 160 Å². The number of aryl methyl sites for hydroxylation is 2. The Kier molecular flexibility index (Phi) is 4.92. The van der Waals surface area contributed by atoms with Gasteiger partial charge in [0, 0.05) is 31.7 Å². The first-order valence-electron chi connectivity index (χ1n) is 9.80. The number of benzene rings is 1. The van der Waals surface area contributed by atoms with Gasteiger partial charge in [-0.3, -0.25) is 4.79 Å². The third-order valence-electron chi connectivity index (χ3n) is 5.32. The van der Waals surface area contributed by atoms with Crippen LogP contribution in [0.15, 0.2) is 42.6 Å². The molecule has 1 aromatic carbocycles. The Morgan fingerprint density at radius 3 is 2.96 bits per heavy atom. The molecule has 1 amide bonds. The lowest BCUT2D eigenvalue weighted by atomic mass is 10.1. The molecule has 1 aliphatic rings. The number of pyridine rings is 1. The van der Waals surface area contributed by atoms with Gasteiger partial charge in [-0.1, -0.05) is 36.8 Å². The molecular weight excluding hydrogens is 336 g/mol. The summed E-state index contributed by atoms with van der Waals surface area (Å²) in [5.41, 5.74) is 4.19. The molecule has 0 spiro atoms. The first-order valence-corrected chi connectivity index (χ1v) is 9.80. The van der Waals surface area contributed by atoms with Crippen LogP contribution in [0.1, 0.15) is 42.6 Å². The highest BCUT2D eigenvalue weighted by atomic mass is 16.2. The van der Waals surface area contributed by atoms with E-state index in [9.17, 15) is 4.79 Å². The highest BCUT2D eigenvalue weighted by Crippen LogP contribution is 2.29. The summed E-state index contributed by atoms with van der Waals surface area (Å²) in [5.74, 6) is 1.57. The van der Waals surface area contributed by atoms with Crippen LogP contribution in [0.5, 0.6) is 0 Å². The van der Waals surface area contributed by atoms with Crippen molar-refractivity contribution in [3.8, 4) is 0 Å². The van der Waals surface area contributed by atoms with Crippen molar-refractivity contribution in [2.24, 2.45) is 0 Å². The Morgan fingerprint density at radius 1 is 1.26 bits per heavy atom. The van der Waals surface area contributed by atoms with Gasteiger partial charge in [-0.2, -0.15) is 0 Å². The van der Waals surface area contributed by atoms with Gasteiger partial charge < -0.3 is 9.47 Å². The van der Waals surface area contributed by atoms with Gasteiger partial charge in [0.05, 0.1) is 6.42 Å². The summed E-state index contributed by atoms with van der Waals surface area (Å²) in [6, 6.07) is 12.2. The summed E-state index contributed by atoms with van der Waals surface area (Å²) >= 11 is 0. The first kappa shape index (κ1) is 17.7. The third kappa shape index (κ3) is 3.59. The molecule has 0 aliphatic carbocycles. The number of nitrogens with zero attached hydrogens (tertiary/aromatic N) is 4. The van der Waals surface area contributed by atoms with Gasteiger partial charge in [-0.15, -0.1) is 0 Å². The molecule has 0 N–H and O–H groups in total. The number of hydrogen-bond donors (Lipinski definition) is 0. The van der Waals surface area contributed by atoms with Crippen molar-refractivity contribution in [2.45, 2.75) is 45.6 Å². The lowest BCUT2D eigenvalue weighted by Crippen LogP contribution is -2.30. The topological polar surface area (TPSA) is 51.0 Å². The van der Waals surface area contributed by atoms with Gasteiger partial charge in [0.2, 0.25) is 5.91 Å². The summed E-state index contributed by atoms with van der Waals surface area (Å²) in [6.07, 6.45) is 4.30. The zero-order valence-corrected chi connectivity index (χ0v) is 16.1. The zero-order chi connectivity index (χ0) is 18.8. The lowest BCUT2D eigenvalue weighted by molar-refractivity contribution is -0.129. The van der Waals surface area contributed by atoms with Crippen molar-refractivity contribution in [2.75, 3.05) is 13.1 Å². The van der Waals surface area contributed by atoms with Gasteiger partial charge in [-0.25, -0.2) is 9.97 Å². The molecule has 0 bridgehead atoms. The summed E-state index contributed by atoms with van der Waals surface area (Å²) in [7, 11) is 0. The maximum absolute atomic E-state index is 12.8. The quantitative estimate of drug-likeness (QED) is 0.695. The predicted molar refractivity (Wildman–Crippen MR) is 107 cm³/mol. The number of hydrogen-bond acceptors (Lipinski definition) is 3. The zero-order valence-electron chi connectivity index (χ0n) is 16.1. The minimum atomic E-state index is 0.208. The Morgan fingerprint density at radius 2 is 2.15 bits per heavy atom. The molecule has 1 saturated heterocycles. The number of amides is 1. The van der Waals surface area contributed by atoms with Crippen LogP contribution in [-0.4, -0.2) is 38.4 Å². The van der Waals surface area contributed by atoms with Crippen LogP contribution in [0.25, 0.3) is 11.2 Å². The van der Waals surface area contributed by atoms with E-state index in [4.69, 9.17) is 4.98 Å². The summed E-state index contributed by atoms with van der Waals surface area (Å²) < 4.78 is 2.24. The highest BCUT2D eigenvalue weighted by molar-refractivity contribution is 5.79. The van der Waals surface area contributed by atoms with E-state index in [2.05, 4.69) is 35.5 Å². The number of aromatic nitrogens is 3. The van der Waals surface area contributed by atoms with Gasteiger partial charge in [0.1, 0.15) is 11.3 Å². The second-order valence-corrected chi connectivity index (χ2v) is 7.46. The standard InChI is InChI=1S/C22H26N4O/c1-3-11-26-21(24-19-8-5-10-23-22(19)26)18-9-12-25(15-18)20(27)14-17-7-4-6-16(2)13-17/h4-8,10,13,18H,3,9,11-12,14-15H2,1-2H3/t18-/m1/s1. The van der Waals surface area contributed by atoms with Gasteiger partial charge in [-0.05, 0) is 37.5 Å². The molecule has 3 aromatic rings. The monoisotopic (exact) mass is 362 g/mol. The van der Waals surface area contributed by atoms with Crippen LogP contribution in [0.2, 0.25) is 0 Å². The SMILES string of the molecule is CCCn1c([C@@H]2CCN(C(=O)Cc3cccc(C)c3)C2)nc2cccnc21. The highest BCUT2D eigenvalue weighted by Gasteiger charge is 2.31. The van der Waals surface area contributed by atoms with E-state index in [-0.39, 0.29) is 11.8 Å². The van der Waals surface area contributed by atoms with Crippen molar-refractivity contribution in [3.05, 3.63) is 59.5 Å². The fourth-order valence-electron chi connectivity index (χ4n) is 4.04. The van der Waals surface area contributed by atoms with Crippen LogP contribution in [-0.2, 0) is 17.8 Å². The summed E-state index contributed by atoms with van der Waals surface area (Å²) in [5, 5.41) is 0. The van der Waals surface area contributed by atoms with E-state index in [0.717, 1.165) is 55.0 Å². The molecule has 2 aromatic heterocycles. The number of carbonyl (C=O) groups is 1. The van der Waals surface area contributed by atoms with Crippen LogP contribution in [0, 0.1) is 6.92 Å². The fraction of sp³-hybridized carbons (Fsp3) is 0.409. The molecule has 1 fully saturated rings. The van der Waals surface area contributed by atoms with E-state index in [1.54, 1.807) is 0 Å². The first-order chi connectivity index (χ1) is 13.2. The molecule has 1 atom stereocenters. The van der Waals surface area contributed by atoms with Crippen LogP contribution in [0.3, 0.4) is 0 Å². The molecule has 3 heterocycles. The number of fused-ring (bicyclic) bond motifs is 1. The number of imidazole rings is 1. The van der Waals surface area contributed by atoms with Crippen LogP contribution < -0.4 is 0 Å². The van der Waals surface area contributed by atoms with Crippen LogP contribution in [0.4, 0.5) is 0 Å². The van der Waals surface area contributed by atoms with Crippen molar-refractivity contribution in [1.29, 1.82) is 0 Å². The number of likely N-dealkylation sites (tertiary alicyclic amines) is 1. The second kappa shape index (κ2) is 7.51. The predicted octanol–water partition coefficient (Wildman–Crippen LogP) is 3.71. The lowest BCUT2D eigenvalue weighted by Gasteiger charge is -2.17. The van der Waals surface area contributed by atoms with Gasteiger partial charge in [0.25, 0.3) is 0 Å². The van der Waals surface area contributed by atoms with Crippen molar-refractivity contribution < 1.29 is 4.79 Å². The maximum Gasteiger partial charge on any atom is 0.227 e. The molecule has 140 valence electrons. The molecule has 5 heteroatoms. The fourth-order valence-corrected chi connectivity index (χ4v) is 4.04. The molecular formula is C22H26N4O. The van der Waals surface area contributed by atoms with E-state index >= 15 is 0 Å². The average Bonchev–Trinajstić information content (AvgIpc) is 3.27. The molecule has 5 nitrogen and oxygen atoms in total. The van der Waals surface area contributed by atoms with E-state index in [1.807, 2.05) is 35.4 Å². The van der Waals surface area contributed by atoms with Gasteiger partial charge >= 0.3 is 0 Å². The largest absolute Gasteiger partial charge is 0.342 e. The minimum Gasteiger partial charge on any atom is -0.342 e. The summed E-state index contributed by atoms with van der Waals surface area (Å²) in [6.45, 7) is 6.70. The molecule has 27 heavy (non-hydrogen) atoms. The number of carbonyl (C=O) groups excluding carboxylic acids is 1. The van der Waals surface area contributed by atoms with Crippen LogP contribution >= 0.6 is 0 Å². The normalized spacial score (nSPS) is 17.0. The van der Waals surface area contributed by atoms with E-state index < -0.39 is 0 Å². The smallest absolute Gasteiger partial charge is 0.227 e. The van der Waals surface area contributed by atoms with E-state index in [1.165, 1.54) is 5.56 Å². The van der Waals surface area contributed by atoms with Crippen molar-refractivity contribution in [3.63, 3.8) is 0 Å². The molecule has 1 aliphatic heterocycles. The second-order valence-electron chi connectivity index (χ2n) is 7.46. The molecule has 0 unspecified atom stereocenters. The maximum atomic E-state index is 12.8. The van der Waals surface area contributed by atoms with Crippen molar-refractivity contribution >= 4 is 17.1 Å². The minimum absolute atomic E-state index is 0.208. The Balaban J connectivity index is 1.52. The van der Waals surface area contributed by atoms with E-state index in [0.29, 0.717) is 6.42 Å². The Hall–Kier alpha value is -2.69. The molecule has 0 radical (unpaired) electrons. The number of rotatable bonds is 5. The Bertz CT molecular complexity index is 962. The molecule has 0 saturated carbocycles. The third-order valence-corrected chi connectivity index (χ3v) is 5.32. The summed E-state index contributed by atoms with van der Waals surface area (Å²) in [4.78, 5) is 24.2. The van der Waals surface area contributed by atoms with Gasteiger partial charge in [0.15, 0.2) is 5.65 Å². The molecule has 4 rings (SSSR count).